The van der Waals surface area contributed by atoms with Crippen molar-refractivity contribution in [2.24, 2.45) is 0 Å². The van der Waals surface area contributed by atoms with Gasteiger partial charge in [0.15, 0.2) is 0 Å². The zero-order valence-corrected chi connectivity index (χ0v) is 16.1. The van der Waals surface area contributed by atoms with Crippen molar-refractivity contribution in [3.63, 3.8) is 0 Å². The van der Waals surface area contributed by atoms with Crippen molar-refractivity contribution >= 4 is 27.0 Å². The van der Waals surface area contributed by atoms with Gasteiger partial charge in [-0.2, -0.15) is 14.9 Å². The fourth-order valence-electron chi connectivity index (χ4n) is 2.83. The Kier molecular flexibility index (Phi) is 4.41. The second-order valence-corrected chi connectivity index (χ2v) is 6.69. The average Bonchev–Trinajstić information content (AvgIpc) is 3.10. The predicted molar refractivity (Wildman–Crippen MR) is 106 cm³/mol. The molecule has 0 aliphatic carbocycles. The van der Waals surface area contributed by atoms with E-state index in [0.717, 1.165) is 10.0 Å². The molecule has 2 heterocycles. The van der Waals surface area contributed by atoms with Gasteiger partial charge in [0.25, 0.3) is 5.56 Å². The van der Waals surface area contributed by atoms with Crippen molar-refractivity contribution in [1.29, 1.82) is 0 Å². The van der Waals surface area contributed by atoms with Gasteiger partial charge < -0.3 is 9.47 Å². The molecular weight excluding hydrogens is 412 g/mol. The van der Waals surface area contributed by atoms with E-state index >= 15 is 0 Å². The molecule has 0 saturated carbocycles. The first-order valence-electron chi connectivity index (χ1n) is 8.07. The van der Waals surface area contributed by atoms with Gasteiger partial charge in [-0.3, -0.25) is 9.89 Å². The normalized spacial score (nSPS) is 10.9. The number of nitrogens with zero attached hydrogens (tertiary/aromatic N) is 3. The van der Waals surface area contributed by atoms with E-state index in [1.165, 1.54) is 17.9 Å². The lowest BCUT2D eigenvalue weighted by molar-refractivity contribution is 0.392. The number of nitrogens with one attached hydrogen (secondary N) is 1. The molecule has 8 heteroatoms. The Morgan fingerprint density at radius 3 is 2.52 bits per heavy atom. The Hall–Kier alpha value is -3.13. The average molecular weight is 427 g/mol. The highest BCUT2D eigenvalue weighted by Crippen LogP contribution is 2.29. The molecule has 0 atom stereocenters. The van der Waals surface area contributed by atoms with Gasteiger partial charge in [0.05, 0.1) is 19.7 Å². The summed E-state index contributed by atoms with van der Waals surface area (Å²) < 4.78 is 12.9. The maximum Gasteiger partial charge on any atom is 0.273 e. The van der Waals surface area contributed by atoms with Gasteiger partial charge in [0.1, 0.15) is 28.4 Å². The molecular formula is C19H15BrN4O3. The van der Waals surface area contributed by atoms with Crippen LogP contribution in [0.1, 0.15) is 0 Å². The summed E-state index contributed by atoms with van der Waals surface area (Å²) in [6, 6.07) is 14.4. The van der Waals surface area contributed by atoms with E-state index in [-0.39, 0.29) is 5.56 Å². The SMILES string of the molecule is COc1ccc(-n2nc3c(-c4ccc(Br)cc4)n[nH]c3cc2=O)c(OC)c1. The minimum absolute atomic E-state index is 0.294. The molecule has 0 spiro atoms. The molecule has 2 aromatic carbocycles. The van der Waals surface area contributed by atoms with Crippen LogP contribution in [0.3, 0.4) is 0 Å². The van der Waals surface area contributed by atoms with Crippen LogP contribution < -0.4 is 15.0 Å². The molecule has 7 nitrogen and oxygen atoms in total. The molecule has 0 amide bonds. The third-order valence-electron chi connectivity index (χ3n) is 4.18. The van der Waals surface area contributed by atoms with Crippen LogP contribution in [-0.2, 0) is 0 Å². The van der Waals surface area contributed by atoms with Gasteiger partial charge in [-0.25, -0.2) is 0 Å². The van der Waals surface area contributed by atoms with Gasteiger partial charge in [-0.05, 0) is 24.3 Å². The summed E-state index contributed by atoms with van der Waals surface area (Å²) in [7, 11) is 3.10. The number of fused-ring (bicyclic) bond motifs is 1. The van der Waals surface area contributed by atoms with E-state index < -0.39 is 0 Å². The number of ether oxygens (including phenoxy) is 2. The number of benzene rings is 2. The van der Waals surface area contributed by atoms with Crippen molar-refractivity contribution in [3.05, 3.63) is 63.4 Å². The van der Waals surface area contributed by atoms with Crippen molar-refractivity contribution in [2.75, 3.05) is 14.2 Å². The highest BCUT2D eigenvalue weighted by molar-refractivity contribution is 9.10. The van der Waals surface area contributed by atoms with Gasteiger partial charge in [0, 0.05) is 22.2 Å². The maximum atomic E-state index is 12.6. The van der Waals surface area contributed by atoms with Crippen molar-refractivity contribution in [1.82, 2.24) is 20.0 Å². The Balaban J connectivity index is 1.92. The van der Waals surface area contributed by atoms with Gasteiger partial charge in [0.2, 0.25) is 0 Å². The highest BCUT2D eigenvalue weighted by Gasteiger charge is 2.15. The quantitative estimate of drug-likeness (QED) is 0.539. The van der Waals surface area contributed by atoms with Crippen LogP contribution in [0.15, 0.2) is 57.8 Å². The Bertz CT molecular complexity index is 1180. The highest BCUT2D eigenvalue weighted by atomic mass is 79.9. The molecule has 4 aromatic rings. The number of hydrogen-bond donors (Lipinski definition) is 1. The van der Waals surface area contributed by atoms with Crippen LogP contribution in [0.4, 0.5) is 0 Å². The zero-order chi connectivity index (χ0) is 19.0. The van der Waals surface area contributed by atoms with E-state index in [1.54, 1.807) is 25.3 Å². The first-order valence-corrected chi connectivity index (χ1v) is 8.87. The van der Waals surface area contributed by atoms with Crippen molar-refractivity contribution in [2.45, 2.75) is 0 Å². The van der Waals surface area contributed by atoms with Gasteiger partial charge >= 0.3 is 0 Å². The number of aromatic amines is 1. The largest absolute Gasteiger partial charge is 0.497 e. The van der Waals surface area contributed by atoms with E-state index in [0.29, 0.717) is 33.9 Å². The minimum Gasteiger partial charge on any atom is -0.497 e. The lowest BCUT2D eigenvalue weighted by atomic mass is 10.1. The summed E-state index contributed by atoms with van der Waals surface area (Å²) in [5.74, 6) is 1.11. The fraction of sp³-hybridized carbons (Fsp3) is 0.105. The van der Waals surface area contributed by atoms with E-state index in [4.69, 9.17) is 9.47 Å². The summed E-state index contributed by atoms with van der Waals surface area (Å²) in [6.07, 6.45) is 0. The van der Waals surface area contributed by atoms with Crippen molar-refractivity contribution in [3.8, 4) is 28.4 Å². The van der Waals surface area contributed by atoms with E-state index in [9.17, 15) is 4.79 Å². The first-order chi connectivity index (χ1) is 13.1. The van der Waals surface area contributed by atoms with Crippen LogP contribution in [0.2, 0.25) is 0 Å². The second kappa shape index (κ2) is 6.88. The molecule has 0 bridgehead atoms. The predicted octanol–water partition coefficient (Wildman–Crippen LogP) is 3.56. The first kappa shape index (κ1) is 17.3. The smallest absolute Gasteiger partial charge is 0.273 e. The molecule has 0 aliphatic heterocycles. The molecule has 2 aromatic heterocycles. The third-order valence-corrected chi connectivity index (χ3v) is 4.71. The number of rotatable bonds is 4. The zero-order valence-electron chi connectivity index (χ0n) is 14.6. The summed E-state index contributed by atoms with van der Waals surface area (Å²) in [6.45, 7) is 0. The minimum atomic E-state index is -0.294. The molecule has 27 heavy (non-hydrogen) atoms. The maximum absolute atomic E-state index is 12.6. The standard InChI is InChI=1S/C19H15BrN4O3/c1-26-13-7-8-15(16(9-13)27-2)24-17(25)10-14-19(23-24)18(22-21-14)11-3-5-12(20)6-4-11/h3-10,21H,1-2H3. The van der Waals surface area contributed by atoms with Crippen LogP contribution in [0, 0.1) is 0 Å². The number of aromatic nitrogens is 4. The monoisotopic (exact) mass is 426 g/mol. The molecule has 0 unspecified atom stereocenters. The molecule has 0 fully saturated rings. The lowest BCUT2D eigenvalue weighted by Gasteiger charge is -2.11. The summed E-state index contributed by atoms with van der Waals surface area (Å²) >= 11 is 3.42. The fourth-order valence-corrected chi connectivity index (χ4v) is 3.09. The summed E-state index contributed by atoms with van der Waals surface area (Å²) in [5.41, 5.74) is 2.95. The van der Waals surface area contributed by atoms with Crippen LogP contribution >= 0.6 is 15.9 Å². The molecule has 0 aliphatic rings. The lowest BCUT2D eigenvalue weighted by Crippen LogP contribution is -2.20. The molecule has 0 radical (unpaired) electrons. The number of methoxy groups -OCH3 is 2. The second-order valence-electron chi connectivity index (χ2n) is 5.77. The van der Waals surface area contributed by atoms with Crippen LogP contribution in [0.5, 0.6) is 11.5 Å². The van der Waals surface area contributed by atoms with Crippen molar-refractivity contribution < 1.29 is 9.47 Å². The number of H-pyrrole nitrogens is 1. The molecule has 1 N–H and O–H groups in total. The Morgan fingerprint density at radius 2 is 1.81 bits per heavy atom. The summed E-state index contributed by atoms with van der Waals surface area (Å²) in [4.78, 5) is 12.6. The Labute approximate surface area is 162 Å². The number of halogens is 1. The van der Waals surface area contributed by atoms with Gasteiger partial charge in [-0.15, -0.1) is 0 Å². The van der Waals surface area contributed by atoms with Crippen LogP contribution in [0.25, 0.3) is 28.0 Å². The third kappa shape index (κ3) is 3.08. The molecule has 0 saturated heterocycles. The van der Waals surface area contributed by atoms with E-state index in [1.807, 2.05) is 24.3 Å². The Morgan fingerprint density at radius 1 is 1.04 bits per heavy atom. The molecule has 4 rings (SSSR count). The topological polar surface area (TPSA) is 82.0 Å². The number of hydrogen-bond acceptors (Lipinski definition) is 5. The van der Waals surface area contributed by atoms with Crippen LogP contribution in [-0.4, -0.2) is 34.2 Å². The summed E-state index contributed by atoms with van der Waals surface area (Å²) in [5, 5.41) is 11.8. The van der Waals surface area contributed by atoms with Gasteiger partial charge in [-0.1, -0.05) is 28.1 Å². The molecule has 136 valence electrons. The van der Waals surface area contributed by atoms with E-state index in [2.05, 4.69) is 31.2 Å².